The molecule has 2 aromatic rings. The minimum absolute atomic E-state index is 0.225. The molecule has 3 nitrogen and oxygen atoms in total. The van der Waals surface area contributed by atoms with Gasteiger partial charge in [0, 0.05) is 18.9 Å². The SMILES string of the molecule is O=C(c1ccncc1Cl)N1CCc2ccc(F)cc21. The zero-order chi connectivity index (χ0) is 13.4. The highest BCUT2D eigenvalue weighted by Crippen LogP contribution is 2.30. The number of nitrogens with zero attached hydrogens (tertiary/aromatic N) is 2. The number of benzene rings is 1. The van der Waals surface area contributed by atoms with E-state index in [4.69, 9.17) is 11.6 Å². The average molecular weight is 277 g/mol. The first-order chi connectivity index (χ1) is 9.16. The predicted octanol–water partition coefficient (Wildman–Crippen LogP) is 3.08. The van der Waals surface area contributed by atoms with Gasteiger partial charge >= 0.3 is 0 Å². The van der Waals surface area contributed by atoms with Gasteiger partial charge in [0.05, 0.1) is 16.3 Å². The normalized spacial score (nSPS) is 13.5. The largest absolute Gasteiger partial charge is 0.308 e. The molecular weight excluding hydrogens is 267 g/mol. The fourth-order valence-corrected chi connectivity index (χ4v) is 2.46. The van der Waals surface area contributed by atoms with Crippen molar-refractivity contribution in [3.8, 4) is 0 Å². The summed E-state index contributed by atoms with van der Waals surface area (Å²) in [6, 6.07) is 6.08. The maximum absolute atomic E-state index is 13.3. The van der Waals surface area contributed by atoms with Crippen molar-refractivity contribution in [3.05, 3.63) is 58.6 Å². The summed E-state index contributed by atoms with van der Waals surface area (Å²) in [7, 11) is 0. The van der Waals surface area contributed by atoms with E-state index >= 15 is 0 Å². The van der Waals surface area contributed by atoms with Crippen LogP contribution in [0.1, 0.15) is 15.9 Å². The first kappa shape index (κ1) is 12.1. The standard InChI is InChI=1S/C14H10ClFN2O/c15-12-8-17-5-3-11(12)14(19)18-6-4-9-1-2-10(16)7-13(9)18/h1-3,5,7-8H,4,6H2. The highest BCUT2D eigenvalue weighted by Gasteiger charge is 2.27. The number of pyridine rings is 1. The molecule has 1 aliphatic heterocycles. The number of carbonyl (C=O) groups is 1. The lowest BCUT2D eigenvalue weighted by Crippen LogP contribution is -2.29. The minimum Gasteiger partial charge on any atom is -0.308 e. The van der Waals surface area contributed by atoms with Crippen LogP contribution in [-0.4, -0.2) is 17.4 Å². The Morgan fingerprint density at radius 1 is 1.37 bits per heavy atom. The van der Waals surface area contributed by atoms with Gasteiger partial charge in [-0.3, -0.25) is 9.78 Å². The molecule has 0 N–H and O–H groups in total. The van der Waals surface area contributed by atoms with Gasteiger partial charge in [0.2, 0.25) is 0 Å². The molecule has 1 aliphatic rings. The molecule has 3 rings (SSSR count). The number of amides is 1. The maximum Gasteiger partial charge on any atom is 0.259 e. The molecule has 0 aliphatic carbocycles. The molecule has 1 aromatic heterocycles. The van der Waals surface area contributed by atoms with Crippen molar-refractivity contribution in [2.24, 2.45) is 0 Å². The second kappa shape index (κ2) is 4.63. The van der Waals surface area contributed by atoms with E-state index in [0.29, 0.717) is 22.8 Å². The van der Waals surface area contributed by atoms with Crippen LogP contribution in [0.4, 0.5) is 10.1 Å². The lowest BCUT2D eigenvalue weighted by molar-refractivity contribution is 0.0989. The maximum atomic E-state index is 13.3. The van der Waals surface area contributed by atoms with Crippen molar-refractivity contribution in [2.75, 3.05) is 11.4 Å². The molecular formula is C14H10ClFN2O. The Morgan fingerprint density at radius 2 is 2.21 bits per heavy atom. The second-order valence-electron chi connectivity index (χ2n) is 4.34. The monoisotopic (exact) mass is 276 g/mol. The highest BCUT2D eigenvalue weighted by molar-refractivity contribution is 6.34. The van der Waals surface area contributed by atoms with E-state index in [1.165, 1.54) is 24.5 Å². The lowest BCUT2D eigenvalue weighted by atomic mass is 10.1. The summed E-state index contributed by atoms with van der Waals surface area (Å²) in [5, 5.41) is 0.303. The van der Waals surface area contributed by atoms with Crippen LogP contribution in [0, 0.1) is 5.82 Å². The second-order valence-corrected chi connectivity index (χ2v) is 4.74. The topological polar surface area (TPSA) is 33.2 Å². The molecule has 19 heavy (non-hydrogen) atoms. The number of aromatic nitrogens is 1. The number of anilines is 1. The van der Waals surface area contributed by atoms with Crippen molar-refractivity contribution < 1.29 is 9.18 Å². The van der Waals surface area contributed by atoms with Crippen LogP contribution in [0.5, 0.6) is 0 Å². The van der Waals surface area contributed by atoms with E-state index < -0.39 is 0 Å². The Hall–Kier alpha value is -1.94. The van der Waals surface area contributed by atoms with Gasteiger partial charge in [-0.25, -0.2) is 4.39 Å². The number of halogens is 2. The van der Waals surface area contributed by atoms with E-state index in [-0.39, 0.29) is 11.7 Å². The van der Waals surface area contributed by atoms with E-state index in [1.54, 1.807) is 17.0 Å². The number of fused-ring (bicyclic) bond motifs is 1. The summed E-state index contributed by atoms with van der Waals surface area (Å²) < 4.78 is 13.3. The van der Waals surface area contributed by atoms with Gasteiger partial charge < -0.3 is 4.90 Å². The van der Waals surface area contributed by atoms with Crippen LogP contribution in [-0.2, 0) is 6.42 Å². The summed E-state index contributed by atoms with van der Waals surface area (Å²) >= 11 is 5.97. The molecule has 0 atom stereocenters. The summed E-state index contributed by atoms with van der Waals surface area (Å²) in [6.45, 7) is 0.538. The molecule has 0 spiro atoms. The molecule has 5 heteroatoms. The van der Waals surface area contributed by atoms with E-state index in [2.05, 4.69) is 4.98 Å². The summed E-state index contributed by atoms with van der Waals surface area (Å²) in [5.74, 6) is -0.573. The van der Waals surface area contributed by atoms with Crippen LogP contribution in [0.25, 0.3) is 0 Å². The first-order valence-electron chi connectivity index (χ1n) is 5.86. The van der Waals surface area contributed by atoms with Gasteiger partial charge in [0.25, 0.3) is 5.91 Å². The van der Waals surface area contributed by atoms with Gasteiger partial charge in [0.1, 0.15) is 5.82 Å². The van der Waals surface area contributed by atoms with Crippen LogP contribution < -0.4 is 4.90 Å². The van der Waals surface area contributed by atoms with Crippen molar-refractivity contribution >= 4 is 23.2 Å². The number of carbonyl (C=O) groups excluding carboxylic acids is 1. The van der Waals surface area contributed by atoms with Crippen LogP contribution in [0.15, 0.2) is 36.7 Å². The Bertz CT molecular complexity index is 660. The van der Waals surface area contributed by atoms with Crippen molar-refractivity contribution in [3.63, 3.8) is 0 Å². The third-order valence-corrected chi connectivity index (χ3v) is 3.49. The van der Waals surface area contributed by atoms with Gasteiger partial charge in [-0.1, -0.05) is 17.7 Å². The number of rotatable bonds is 1. The fraction of sp³-hybridized carbons (Fsp3) is 0.143. The first-order valence-corrected chi connectivity index (χ1v) is 6.24. The summed E-state index contributed by atoms with van der Waals surface area (Å²) in [4.78, 5) is 17.8. The molecule has 0 saturated carbocycles. The van der Waals surface area contributed by atoms with Gasteiger partial charge in [-0.05, 0) is 30.2 Å². The van der Waals surface area contributed by atoms with E-state index in [9.17, 15) is 9.18 Å². The molecule has 1 amide bonds. The Kier molecular flexibility index (Phi) is 2.95. The van der Waals surface area contributed by atoms with Gasteiger partial charge in [-0.15, -0.1) is 0 Å². The van der Waals surface area contributed by atoms with Crippen LogP contribution >= 0.6 is 11.6 Å². The molecule has 1 aromatic carbocycles. The van der Waals surface area contributed by atoms with Crippen LogP contribution in [0.3, 0.4) is 0 Å². The minimum atomic E-state index is -0.348. The zero-order valence-corrected chi connectivity index (χ0v) is 10.7. The number of hydrogen-bond acceptors (Lipinski definition) is 2. The lowest BCUT2D eigenvalue weighted by Gasteiger charge is -2.17. The zero-order valence-electron chi connectivity index (χ0n) is 9.94. The van der Waals surface area contributed by atoms with E-state index in [0.717, 1.165) is 12.0 Å². The molecule has 0 saturated heterocycles. The molecule has 96 valence electrons. The molecule has 2 heterocycles. The van der Waals surface area contributed by atoms with Crippen molar-refractivity contribution in [1.29, 1.82) is 0 Å². The fourth-order valence-electron chi connectivity index (χ4n) is 2.26. The highest BCUT2D eigenvalue weighted by atomic mass is 35.5. The smallest absolute Gasteiger partial charge is 0.259 e. The Balaban J connectivity index is 2.00. The summed E-state index contributed by atoms with van der Waals surface area (Å²) in [5.41, 5.74) is 1.98. The quantitative estimate of drug-likeness (QED) is 0.802. The van der Waals surface area contributed by atoms with Crippen molar-refractivity contribution in [1.82, 2.24) is 4.98 Å². The molecule has 0 fully saturated rings. The molecule has 0 radical (unpaired) electrons. The molecule has 0 unspecified atom stereocenters. The van der Waals surface area contributed by atoms with Gasteiger partial charge in [-0.2, -0.15) is 0 Å². The Morgan fingerprint density at radius 3 is 3.00 bits per heavy atom. The van der Waals surface area contributed by atoms with Crippen molar-refractivity contribution in [2.45, 2.75) is 6.42 Å². The predicted molar refractivity (Wildman–Crippen MR) is 71.0 cm³/mol. The van der Waals surface area contributed by atoms with E-state index in [1.807, 2.05) is 0 Å². The summed E-state index contributed by atoms with van der Waals surface area (Å²) in [6.07, 6.45) is 3.67. The molecule has 0 bridgehead atoms. The average Bonchev–Trinajstić information content (AvgIpc) is 2.81. The third kappa shape index (κ3) is 2.08. The Labute approximate surface area is 114 Å². The van der Waals surface area contributed by atoms with Gasteiger partial charge in [0.15, 0.2) is 0 Å². The number of hydrogen-bond donors (Lipinski definition) is 0. The third-order valence-electron chi connectivity index (χ3n) is 3.19. The van der Waals surface area contributed by atoms with Crippen LogP contribution in [0.2, 0.25) is 5.02 Å².